The highest BCUT2D eigenvalue weighted by Gasteiger charge is 2.15. The van der Waals surface area contributed by atoms with E-state index in [2.05, 4.69) is 64.8 Å². The Balaban J connectivity index is 2.04. The zero-order valence-corrected chi connectivity index (χ0v) is 19.6. The topological polar surface area (TPSA) is 59.3 Å². The molecule has 0 N–H and O–H groups in total. The number of hydrogen-bond acceptors (Lipinski definition) is 4. The van der Waals surface area contributed by atoms with Gasteiger partial charge in [0.25, 0.3) is 0 Å². The van der Waals surface area contributed by atoms with E-state index < -0.39 is 0 Å². The van der Waals surface area contributed by atoms with Crippen LogP contribution in [0.1, 0.15) is 58.9 Å². The first-order chi connectivity index (χ1) is 14.2. The van der Waals surface area contributed by atoms with Gasteiger partial charge in [-0.15, -0.1) is 0 Å². The van der Waals surface area contributed by atoms with Crippen LogP contribution in [0, 0.1) is 27.7 Å². The Morgan fingerprint density at radius 1 is 0.600 bits per heavy atom. The standard InChI is InChI=1S/C24H34N6/c1-15-9-25-11-21-17(3)30(8)20(6)24(21)14-28-16(2)10-26-12-22-18(4)29(7)19(5)23(22)13-27-15/h11-16H,9-10H2,1-8H3. The van der Waals surface area contributed by atoms with Gasteiger partial charge in [-0.1, -0.05) is 0 Å². The molecule has 2 atom stereocenters. The van der Waals surface area contributed by atoms with Crippen molar-refractivity contribution >= 4 is 24.9 Å². The molecule has 2 unspecified atom stereocenters. The Morgan fingerprint density at radius 3 is 1.23 bits per heavy atom. The largest absolute Gasteiger partial charge is 0.351 e. The van der Waals surface area contributed by atoms with Gasteiger partial charge >= 0.3 is 0 Å². The van der Waals surface area contributed by atoms with Crippen LogP contribution in [0.4, 0.5) is 0 Å². The summed E-state index contributed by atoms with van der Waals surface area (Å²) in [6.45, 7) is 14.0. The molecular formula is C24H34N6. The number of aliphatic imine (C=N–C) groups is 4. The summed E-state index contributed by atoms with van der Waals surface area (Å²) < 4.78 is 4.40. The molecule has 0 fully saturated rings. The molecule has 2 aromatic heterocycles. The summed E-state index contributed by atoms with van der Waals surface area (Å²) in [6.07, 6.45) is 7.93. The molecule has 1 aliphatic rings. The molecule has 30 heavy (non-hydrogen) atoms. The van der Waals surface area contributed by atoms with E-state index >= 15 is 0 Å². The van der Waals surface area contributed by atoms with Crippen LogP contribution >= 0.6 is 0 Å². The third-order valence-electron chi connectivity index (χ3n) is 6.25. The lowest BCUT2D eigenvalue weighted by atomic mass is 10.1. The fraction of sp³-hybridized carbons (Fsp3) is 0.500. The lowest BCUT2D eigenvalue weighted by molar-refractivity contribution is 0.760. The fourth-order valence-corrected chi connectivity index (χ4v) is 3.75. The second-order valence-electron chi connectivity index (χ2n) is 8.36. The van der Waals surface area contributed by atoms with E-state index in [4.69, 9.17) is 20.0 Å². The Kier molecular flexibility index (Phi) is 6.54. The zero-order valence-electron chi connectivity index (χ0n) is 19.6. The fourth-order valence-electron chi connectivity index (χ4n) is 3.75. The first kappa shape index (κ1) is 21.9. The summed E-state index contributed by atoms with van der Waals surface area (Å²) in [6, 6.07) is 0.197. The Labute approximate surface area is 180 Å². The zero-order chi connectivity index (χ0) is 22.0. The smallest absolute Gasteiger partial charge is 0.0666 e. The van der Waals surface area contributed by atoms with Gasteiger partial charge in [0.15, 0.2) is 0 Å². The molecule has 160 valence electrons. The highest BCUT2D eigenvalue weighted by atomic mass is 15.0. The molecule has 0 amide bonds. The molecule has 3 rings (SSSR count). The van der Waals surface area contributed by atoms with E-state index in [1.165, 1.54) is 22.8 Å². The summed E-state index contributed by atoms with van der Waals surface area (Å²) >= 11 is 0. The van der Waals surface area contributed by atoms with Crippen molar-refractivity contribution in [1.82, 2.24) is 9.13 Å². The maximum atomic E-state index is 4.78. The van der Waals surface area contributed by atoms with Gasteiger partial charge in [0, 0.05) is 84.0 Å². The third kappa shape index (κ3) is 4.23. The minimum absolute atomic E-state index is 0.0983. The predicted octanol–water partition coefficient (Wildman–Crippen LogP) is 3.76. The summed E-state index contributed by atoms with van der Waals surface area (Å²) in [5.74, 6) is 0. The molecule has 0 saturated carbocycles. The van der Waals surface area contributed by atoms with Crippen LogP contribution in [0.25, 0.3) is 0 Å². The van der Waals surface area contributed by atoms with Crippen molar-refractivity contribution in [1.29, 1.82) is 0 Å². The minimum Gasteiger partial charge on any atom is -0.351 e. The van der Waals surface area contributed by atoms with Crippen molar-refractivity contribution in [2.24, 2.45) is 34.1 Å². The van der Waals surface area contributed by atoms with Crippen molar-refractivity contribution in [2.75, 3.05) is 13.1 Å². The highest BCUT2D eigenvalue weighted by molar-refractivity contribution is 5.98. The van der Waals surface area contributed by atoms with Crippen LogP contribution in [-0.2, 0) is 14.1 Å². The summed E-state index contributed by atoms with van der Waals surface area (Å²) in [5, 5.41) is 0. The monoisotopic (exact) mass is 406 g/mol. The Hall–Kier alpha value is -2.76. The van der Waals surface area contributed by atoms with Gasteiger partial charge in [-0.05, 0) is 41.5 Å². The van der Waals surface area contributed by atoms with Gasteiger partial charge in [0.1, 0.15) is 0 Å². The quantitative estimate of drug-likeness (QED) is 0.640. The molecule has 2 aromatic rings. The molecule has 3 heterocycles. The van der Waals surface area contributed by atoms with Gasteiger partial charge in [-0.2, -0.15) is 0 Å². The molecule has 1 aliphatic heterocycles. The number of fused-ring (bicyclic) bond motifs is 2. The normalized spacial score (nSPS) is 19.9. The molecule has 0 aliphatic carbocycles. The van der Waals surface area contributed by atoms with Gasteiger partial charge in [-0.3, -0.25) is 20.0 Å². The van der Waals surface area contributed by atoms with Gasteiger partial charge < -0.3 is 9.13 Å². The molecule has 0 aromatic carbocycles. The molecule has 0 radical (unpaired) electrons. The molecule has 6 heteroatoms. The van der Waals surface area contributed by atoms with Crippen molar-refractivity contribution in [3.8, 4) is 0 Å². The van der Waals surface area contributed by atoms with Crippen molar-refractivity contribution in [2.45, 2.75) is 53.6 Å². The predicted molar refractivity (Wildman–Crippen MR) is 129 cm³/mol. The van der Waals surface area contributed by atoms with E-state index in [0.717, 1.165) is 22.3 Å². The second-order valence-corrected chi connectivity index (χ2v) is 8.36. The number of rotatable bonds is 0. The maximum Gasteiger partial charge on any atom is 0.0666 e. The van der Waals surface area contributed by atoms with Crippen molar-refractivity contribution < 1.29 is 0 Å². The van der Waals surface area contributed by atoms with Crippen LogP contribution in [-0.4, -0.2) is 59.2 Å². The Bertz CT molecular complexity index is 961. The van der Waals surface area contributed by atoms with Crippen LogP contribution in [0.2, 0.25) is 0 Å². The number of nitrogens with zero attached hydrogens (tertiary/aromatic N) is 6. The first-order valence-electron chi connectivity index (χ1n) is 10.6. The van der Waals surface area contributed by atoms with Crippen LogP contribution in [0.5, 0.6) is 0 Å². The third-order valence-corrected chi connectivity index (χ3v) is 6.25. The lowest BCUT2D eigenvalue weighted by Gasteiger charge is -2.05. The van der Waals surface area contributed by atoms with E-state index in [-0.39, 0.29) is 12.1 Å². The van der Waals surface area contributed by atoms with Crippen molar-refractivity contribution in [3.63, 3.8) is 0 Å². The summed E-state index contributed by atoms with van der Waals surface area (Å²) in [4.78, 5) is 19.0. The number of hydrogen-bond donors (Lipinski definition) is 0. The molecule has 6 nitrogen and oxygen atoms in total. The molecule has 0 spiro atoms. The highest BCUT2D eigenvalue weighted by Crippen LogP contribution is 2.20. The van der Waals surface area contributed by atoms with E-state index in [9.17, 15) is 0 Å². The molecular weight excluding hydrogens is 372 g/mol. The molecule has 0 saturated heterocycles. The maximum absolute atomic E-state index is 4.78. The Morgan fingerprint density at radius 2 is 0.900 bits per heavy atom. The number of aromatic nitrogens is 2. The van der Waals surface area contributed by atoms with Crippen LogP contribution < -0.4 is 0 Å². The van der Waals surface area contributed by atoms with E-state index in [0.29, 0.717) is 13.1 Å². The van der Waals surface area contributed by atoms with E-state index in [1.54, 1.807) is 0 Å². The molecule has 0 bridgehead atoms. The lowest BCUT2D eigenvalue weighted by Crippen LogP contribution is -2.07. The summed E-state index contributed by atoms with van der Waals surface area (Å²) in [5.41, 5.74) is 9.32. The second kappa shape index (κ2) is 8.94. The van der Waals surface area contributed by atoms with Crippen LogP contribution in [0.15, 0.2) is 20.0 Å². The SMILES string of the molecule is Cc1c2c(c(C)n1C)C=NC(C)CN=Cc1c(c(C)n(C)c1C)C=NC(C)CN=C2. The first-order valence-corrected chi connectivity index (χ1v) is 10.6. The average molecular weight is 407 g/mol. The van der Waals surface area contributed by atoms with Gasteiger partial charge in [-0.25, -0.2) is 0 Å². The van der Waals surface area contributed by atoms with Crippen molar-refractivity contribution in [3.05, 3.63) is 45.0 Å². The average Bonchev–Trinajstić information content (AvgIpc) is 3.04. The van der Waals surface area contributed by atoms with Gasteiger partial charge in [0.05, 0.1) is 25.2 Å². The van der Waals surface area contributed by atoms with Gasteiger partial charge in [0.2, 0.25) is 0 Å². The summed E-state index contributed by atoms with van der Waals surface area (Å²) in [7, 11) is 4.18. The van der Waals surface area contributed by atoms with Crippen LogP contribution in [0.3, 0.4) is 0 Å². The minimum atomic E-state index is 0.0983. The van der Waals surface area contributed by atoms with E-state index in [1.807, 2.05) is 24.9 Å².